The zero-order chi connectivity index (χ0) is 18.6. The molecule has 27 heavy (non-hydrogen) atoms. The molecule has 4 rings (SSSR count). The molecule has 7 heteroatoms. The number of nitrogens with zero attached hydrogens (tertiary/aromatic N) is 2. The lowest BCUT2D eigenvalue weighted by atomic mass is 10.1. The fourth-order valence-electron chi connectivity index (χ4n) is 2.62. The first-order valence-electron chi connectivity index (χ1n) is 8.20. The van der Waals surface area contributed by atoms with Crippen LogP contribution >= 0.6 is 15.9 Å². The van der Waals surface area contributed by atoms with E-state index in [4.69, 9.17) is 8.83 Å². The van der Waals surface area contributed by atoms with Gasteiger partial charge in [0, 0.05) is 5.56 Å². The number of hydrogen-bond donors (Lipinski definition) is 1. The van der Waals surface area contributed by atoms with Crippen molar-refractivity contribution < 1.29 is 13.6 Å². The molecular weight excluding hydrogens is 410 g/mol. The molecule has 0 aliphatic rings. The topological polar surface area (TPSA) is 81.2 Å². The highest BCUT2D eigenvalue weighted by atomic mass is 79.9. The fourth-order valence-corrected chi connectivity index (χ4v) is 2.93. The number of amides is 1. The fraction of sp³-hybridized carbons (Fsp3) is 0.0500. The normalized spacial score (nSPS) is 11.9. The average Bonchev–Trinajstić information content (AvgIpc) is 3.37. The smallest absolute Gasteiger partial charge is 0.287 e. The van der Waals surface area contributed by atoms with Gasteiger partial charge in [0.1, 0.15) is 6.04 Å². The van der Waals surface area contributed by atoms with Gasteiger partial charge in [0.25, 0.3) is 5.91 Å². The summed E-state index contributed by atoms with van der Waals surface area (Å²) in [5.74, 6) is 0.486. The maximum absolute atomic E-state index is 12.6. The molecule has 0 aliphatic heterocycles. The van der Waals surface area contributed by atoms with Gasteiger partial charge in [-0.15, -0.1) is 10.2 Å². The second kappa shape index (κ2) is 7.59. The summed E-state index contributed by atoms with van der Waals surface area (Å²) < 4.78 is 11.7. The van der Waals surface area contributed by atoms with E-state index in [0.717, 1.165) is 11.1 Å². The molecule has 2 heterocycles. The van der Waals surface area contributed by atoms with Gasteiger partial charge in [-0.25, -0.2) is 0 Å². The van der Waals surface area contributed by atoms with Crippen molar-refractivity contribution in [2.45, 2.75) is 6.04 Å². The maximum atomic E-state index is 12.6. The second-order valence-corrected chi connectivity index (χ2v) is 6.51. The summed E-state index contributed by atoms with van der Waals surface area (Å²) in [4.78, 5) is 12.6. The molecule has 0 fully saturated rings. The number of benzene rings is 2. The minimum atomic E-state index is -0.604. The van der Waals surface area contributed by atoms with Gasteiger partial charge in [-0.3, -0.25) is 4.79 Å². The SMILES string of the molecule is O=C(N[C@@H](c1ccccc1)c1nnc(-c2ccccc2)o1)c1ccc(Br)o1. The lowest BCUT2D eigenvalue weighted by Gasteiger charge is -2.14. The first-order valence-corrected chi connectivity index (χ1v) is 9.00. The molecule has 0 saturated heterocycles. The van der Waals surface area contributed by atoms with E-state index in [1.807, 2.05) is 60.7 Å². The Balaban J connectivity index is 1.67. The van der Waals surface area contributed by atoms with Crippen LogP contribution in [0.5, 0.6) is 0 Å². The molecule has 0 aliphatic carbocycles. The molecule has 0 unspecified atom stereocenters. The number of carbonyl (C=O) groups excluding carboxylic acids is 1. The van der Waals surface area contributed by atoms with Gasteiger partial charge in [0.15, 0.2) is 10.4 Å². The van der Waals surface area contributed by atoms with Gasteiger partial charge < -0.3 is 14.2 Å². The van der Waals surface area contributed by atoms with E-state index in [-0.39, 0.29) is 11.7 Å². The van der Waals surface area contributed by atoms with E-state index in [9.17, 15) is 4.79 Å². The van der Waals surface area contributed by atoms with Crippen molar-refractivity contribution in [1.29, 1.82) is 0 Å². The van der Waals surface area contributed by atoms with Crippen molar-refractivity contribution in [2.75, 3.05) is 0 Å². The molecule has 0 saturated carbocycles. The molecule has 1 amide bonds. The maximum Gasteiger partial charge on any atom is 0.287 e. The highest BCUT2D eigenvalue weighted by molar-refractivity contribution is 9.10. The van der Waals surface area contributed by atoms with Crippen LogP contribution < -0.4 is 5.32 Å². The zero-order valence-electron chi connectivity index (χ0n) is 14.0. The van der Waals surface area contributed by atoms with Gasteiger partial charge in [0.05, 0.1) is 0 Å². The van der Waals surface area contributed by atoms with Gasteiger partial charge >= 0.3 is 0 Å². The van der Waals surface area contributed by atoms with E-state index in [1.165, 1.54) is 0 Å². The average molecular weight is 424 g/mol. The Morgan fingerprint density at radius 2 is 1.59 bits per heavy atom. The predicted octanol–water partition coefficient (Wildman–Crippen LogP) is 4.61. The Morgan fingerprint density at radius 1 is 0.889 bits per heavy atom. The van der Waals surface area contributed by atoms with Crippen LogP contribution in [0.15, 0.2) is 86.3 Å². The Kier molecular flexibility index (Phi) is 4.84. The molecule has 2 aromatic carbocycles. The van der Waals surface area contributed by atoms with Crippen LogP contribution in [0.3, 0.4) is 0 Å². The molecule has 4 aromatic rings. The van der Waals surface area contributed by atoms with Gasteiger partial charge in [-0.2, -0.15) is 0 Å². The molecule has 0 radical (unpaired) electrons. The van der Waals surface area contributed by atoms with Crippen molar-refractivity contribution in [3.8, 4) is 11.5 Å². The highest BCUT2D eigenvalue weighted by Crippen LogP contribution is 2.25. The zero-order valence-corrected chi connectivity index (χ0v) is 15.6. The number of furan rings is 1. The lowest BCUT2D eigenvalue weighted by Crippen LogP contribution is -2.29. The molecule has 6 nitrogen and oxygen atoms in total. The molecule has 1 N–H and O–H groups in total. The quantitative estimate of drug-likeness (QED) is 0.506. The van der Waals surface area contributed by atoms with E-state index in [1.54, 1.807) is 12.1 Å². The largest absolute Gasteiger partial charge is 0.444 e. The summed E-state index contributed by atoms with van der Waals surface area (Å²) in [5, 5.41) is 11.2. The number of nitrogens with one attached hydrogen (secondary N) is 1. The Morgan fingerprint density at radius 3 is 2.26 bits per heavy atom. The van der Waals surface area contributed by atoms with Crippen LogP contribution in [0, 0.1) is 0 Å². The third-order valence-corrected chi connectivity index (χ3v) is 4.34. The van der Waals surface area contributed by atoms with Crippen LogP contribution in [-0.2, 0) is 0 Å². The second-order valence-electron chi connectivity index (χ2n) is 5.73. The molecule has 0 bridgehead atoms. The Hall–Kier alpha value is -3.19. The number of hydrogen-bond acceptors (Lipinski definition) is 5. The minimum Gasteiger partial charge on any atom is -0.444 e. The first-order chi connectivity index (χ1) is 13.2. The third kappa shape index (κ3) is 3.83. The van der Waals surface area contributed by atoms with Crippen LogP contribution in [0.1, 0.15) is 28.1 Å². The highest BCUT2D eigenvalue weighted by Gasteiger charge is 2.25. The number of rotatable bonds is 5. The van der Waals surface area contributed by atoms with Crippen LogP contribution in [0.4, 0.5) is 0 Å². The molecule has 2 aromatic heterocycles. The van der Waals surface area contributed by atoms with E-state index >= 15 is 0 Å². The summed E-state index contributed by atoms with van der Waals surface area (Å²) in [6.07, 6.45) is 0. The Labute approximate surface area is 163 Å². The number of halogens is 1. The van der Waals surface area contributed by atoms with Crippen LogP contribution in [0.2, 0.25) is 0 Å². The van der Waals surface area contributed by atoms with E-state index in [2.05, 4.69) is 31.4 Å². The van der Waals surface area contributed by atoms with Crippen LogP contribution in [0.25, 0.3) is 11.5 Å². The minimum absolute atomic E-state index is 0.186. The van der Waals surface area contributed by atoms with Crippen molar-refractivity contribution in [3.63, 3.8) is 0 Å². The summed E-state index contributed by atoms with van der Waals surface area (Å²) in [6.45, 7) is 0. The van der Waals surface area contributed by atoms with Crippen LogP contribution in [-0.4, -0.2) is 16.1 Å². The van der Waals surface area contributed by atoms with Gasteiger partial charge in [-0.1, -0.05) is 48.5 Å². The van der Waals surface area contributed by atoms with Crippen molar-refractivity contribution in [1.82, 2.24) is 15.5 Å². The molecular formula is C20H14BrN3O3. The summed E-state index contributed by atoms with van der Waals surface area (Å²) in [7, 11) is 0. The predicted molar refractivity (Wildman–Crippen MR) is 102 cm³/mol. The van der Waals surface area contributed by atoms with Crippen molar-refractivity contribution in [3.05, 3.63) is 94.7 Å². The van der Waals surface area contributed by atoms with E-state index in [0.29, 0.717) is 16.5 Å². The summed E-state index contributed by atoms with van der Waals surface area (Å²) >= 11 is 3.20. The standard InChI is InChI=1S/C20H14BrN3O3/c21-16-12-11-15(26-16)18(25)22-17(13-7-3-1-4-8-13)20-24-23-19(27-20)14-9-5-2-6-10-14/h1-12,17H,(H,22,25)/t17-/m0/s1. The number of carbonyl (C=O) groups is 1. The van der Waals surface area contributed by atoms with Crippen molar-refractivity contribution in [2.24, 2.45) is 0 Å². The first kappa shape index (κ1) is 17.2. The molecule has 134 valence electrons. The van der Waals surface area contributed by atoms with Gasteiger partial charge in [-0.05, 0) is 45.8 Å². The number of aromatic nitrogens is 2. The molecule has 0 spiro atoms. The van der Waals surface area contributed by atoms with E-state index < -0.39 is 6.04 Å². The molecule has 1 atom stereocenters. The third-order valence-electron chi connectivity index (χ3n) is 3.91. The lowest BCUT2D eigenvalue weighted by molar-refractivity contribution is 0.0908. The summed E-state index contributed by atoms with van der Waals surface area (Å²) in [5.41, 5.74) is 1.63. The Bertz CT molecular complexity index is 1040. The summed E-state index contributed by atoms with van der Waals surface area (Å²) in [6, 6.07) is 21.5. The monoisotopic (exact) mass is 423 g/mol. The van der Waals surface area contributed by atoms with Crippen molar-refractivity contribution >= 4 is 21.8 Å². The van der Waals surface area contributed by atoms with Gasteiger partial charge in [0.2, 0.25) is 11.8 Å².